The van der Waals surface area contributed by atoms with E-state index in [0.29, 0.717) is 12.6 Å². The van der Waals surface area contributed by atoms with E-state index in [-0.39, 0.29) is 12.4 Å². The minimum atomic E-state index is 0. The lowest BCUT2D eigenvalue weighted by Crippen LogP contribution is -2.35. The van der Waals surface area contributed by atoms with Crippen LogP contribution in [0.2, 0.25) is 0 Å². The zero-order valence-electron chi connectivity index (χ0n) is 12.8. The van der Waals surface area contributed by atoms with Gasteiger partial charge in [0.2, 0.25) is 0 Å². The molecule has 0 bridgehead atoms. The van der Waals surface area contributed by atoms with Crippen LogP contribution in [0.15, 0.2) is 24.3 Å². The summed E-state index contributed by atoms with van der Waals surface area (Å²) in [4.78, 5) is 2.47. The molecule has 1 aromatic rings. The second-order valence-electron chi connectivity index (χ2n) is 4.96. The summed E-state index contributed by atoms with van der Waals surface area (Å²) in [5.41, 5.74) is 1.34. The topological polar surface area (TPSA) is 32.7 Å². The highest BCUT2D eigenvalue weighted by molar-refractivity contribution is 5.85. The molecule has 0 aliphatic heterocycles. The summed E-state index contributed by atoms with van der Waals surface area (Å²) in [6.45, 7) is 6.89. The lowest BCUT2D eigenvalue weighted by Gasteiger charge is -2.28. The summed E-state index contributed by atoms with van der Waals surface area (Å²) in [5.74, 6) is 0.909. The van der Waals surface area contributed by atoms with Gasteiger partial charge in [-0.1, -0.05) is 19.1 Å². The lowest BCUT2D eigenvalue weighted by atomic mass is 10.1. The van der Waals surface area contributed by atoms with E-state index >= 15 is 0 Å². The van der Waals surface area contributed by atoms with Gasteiger partial charge in [-0.25, -0.2) is 0 Å². The van der Waals surface area contributed by atoms with Crippen LogP contribution in [0, 0.1) is 0 Å². The summed E-state index contributed by atoms with van der Waals surface area (Å²) in [5, 5.41) is 8.84. The molecule has 1 unspecified atom stereocenters. The molecule has 0 fully saturated rings. The Morgan fingerprint density at radius 3 is 2.35 bits per heavy atom. The van der Waals surface area contributed by atoms with E-state index in [2.05, 4.69) is 30.9 Å². The van der Waals surface area contributed by atoms with E-state index in [1.807, 2.05) is 12.1 Å². The SMILES string of the molecule is CCN(CCCCO)C(C)Cc1ccc(OC)cc1.Cl. The summed E-state index contributed by atoms with van der Waals surface area (Å²) < 4.78 is 5.17. The van der Waals surface area contributed by atoms with Crippen molar-refractivity contribution in [3.63, 3.8) is 0 Å². The molecule has 3 nitrogen and oxygen atoms in total. The molecule has 1 atom stereocenters. The Morgan fingerprint density at radius 1 is 1.20 bits per heavy atom. The van der Waals surface area contributed by atoms with Crippen LogP contribution in [0.4, 0.5) is 0 Å². The van der Waals surface area contributed by atoms with Gasteiger partial charge in [-0.3, -0.25) is 0 Å². The number of unbranched alkanes of at least 4 members (excludes halogenated alkanes) is 1. The maximum absolute atomic E-state index is 8.84. The van der Waals surface area contributed by atoms with Gasteiger partial charge >= 0.3 is 0 Å². The predicted octanol–water partition coefficient (Wildman–Crippen LogP) is 3.14. The van der Waals surface area contributed by atoms with Gasteiger partial charge in [0, 0.05) is 12.6 Å². The van der Waals surface area contributed by atoms with Crippen molar-refractivity contribution in [2.45, 2.75) is 39.2 Å². The third kappa shape index (κ3) is 6.60. The van der Waals surface area contributed by atoms with Crippen LogP contribution in [0.5, 0.6) is 5.75 Å². The van der Waals surface area contributed by atoms with E-state index in [0.717, 1.165) is 38.1 Å². The number of methoxy groups -OCH3 is 1. The largest absolute Gasteiger partial charge is 0.497 e. The van der Waals surface area contributed by atoms with Crippen molar-refractivity contribution < 1.29 is 9.84 Å². The van der Waals surface area contributed by atoms with Gasteiger partial charge in [-0.05, 0) is 57.0 Å². The van der Waals surface area contributed by atoms with Crippen LogP contribution in [0.3, 0.4) is 0 Å². The number of aliphatic hydroxyl groups is 1. The average Bonchev–Trinajstić information content (AvgIpc) is 2.44. The monoisotopic (exact) mass is 301 g/mol. The molecule has 0 aliphatic carbocycles. The van der Waals surface area contributed by atoms with Crippen molar-refractivity contribution >= 4 is 12.4 Å². The van der Waals surface area contributed by atoms with Crippen LogP contribution in [-0.4, -0.2) is 42.9 Å². The van der Waals surface area contributed by atoms with Crippen molar-refractivity contribution in [1.29, 1.82) is 0 Å². The number of hydrogen-bond donors (Lipinski definition) is 1. The quantitative estimate of drug-likeness (QED) is 0.711. The van der Waals surface area contributed by atoms with Crippen LogP contribution in [0.1, 0.15) is 32.3 Å². The highest BCUT2D eigenvalue weighted by atomic mass is 35.5. The van der Waals surface area contributed by atoms with Crippen molar-refractivity contribution in [3.05, 3.63) is 29.8 Å². The second kappa shape index (κ2) is 11.0. The zero-order chi connectivity index (χ0) is 14.1. The highest BCUT2D eigenvalue weighted by Gasteiger charge is 2.12. The highest BCUT2D eigenvalue weighted by Crippen LogP contribution is 2.14. The fourth-order valence-electron chi connectivity index (χ4n) is 2.35. The first-order chi connectivity index (χ1) is 9.21. The van der Waals surface area contributed by atoms with Crippen LogP contribution < -0.4 is 4.74 Å². The van der Waals surface area contributed by atoms with Gasteiger partial charge in [0.15, 0.2) is 0 Å². The standard InChI is InChI=1S/C16H27NO2.ClH/c1-4-17(11-5-6-12-18)14(2)13-15-7-9-16(19-3)10-8-15;/h7-10,14,18H,4-6,11-13H2,1-3H3;1H. The number of halogens is 1. The minimum Gasteiger partial charge on any atom is -0.497 e. The Labute approximate surface area is 129 Å². The number of nitrogens with zero attached hydrogens (tertiary/aromatic N) is 1. The molecule has 0 aromatic heterocycles. The number of aliphatic hydroxyl groups excluding tert-OH is 1. The minimum absolute atomic E-state index is 0. The molecule has 20 heavy (non-hydrogen) atoms. The number of ether oxygens (including phenoxy) is 1. The van der Waals surface area contributed by atoms with Gasteiger partial charge in [-0.2, -0.15) is 0 Å². The summed E-state index contributed by atoms with van der Waals surface area (Å²) in [7, 11) is 1.69. The second-order valence-corrected chi connectivity index (χ2v) is 4.96. The third-order valence-electron chi connectivity index (χ3n) is 3.57. The molecular weight excluding hydrogens is 274 g/mol. The van der Waals surface area contributed by atoms with Crippen LogP contribution >= 0.6 is 12.4 Å². The molecule has 1 rings (SSSR count). The van der Waals surface area contributed by atoms with Gasteiger partial charge in [0.25, 0.3) is 0 Å². The van der Waals surface area contributed by atoms with E-state index in [1.54, 1.807) is 7.11 Å². The summed E-state index contributed by atoms with van der Waals surface area (Å²) in [6, 6.07) is 8.83. The lowest BCUT2D eigenvalue weighted by molar-refractivity contribution is 0.203. The summed E-state index contributed by atoms with van der Waals surface area (Å²) in [6.07, 6.45) is 3.01. The molecule has 0 radical (unpaired) electrons. The van der Waals surface area contributed by atoms with Crippen molar-refractivity contribution in [2.75, 3.05) is 26.8 Å². The van der Waals surface area contributed by atoms with E-state index in [9.17, 15) is 0 Å². The number of hydrogen-bond acceptors (Lipinski definition) is 3. The maximum atomic E-state index is 8.84. The molecule has 4 heteroatoms. The zero-order valence-corrected chi connectivity index (χ0v) is 13.7. The third-order valence-corrected chi connectivity index (χ3v) is 3.57. The molecule has 116 valence electrons. The molecule has 0 spiro atoms. The predicted molar refractivity (Wildman–Crippen MR) is 87.0 cm³/mol. The number of likely N-dealkylation sites (N-methyl/N-ethyl adjacent to an activating group) is 1. The first-order valence-electron chi connectivity index (χ1n) is 7.19. The molecule has 0 amide bonds. The van der Waals surface area contributed by atoms with Crippen molar-refractivity contribution in [2.24, 2.45) is 0 Å². The van der Waals surface area contributed by atoms with Crippen molar-refractivity contribution in [3.8, 4) is 5.75 Å². The number of rotatable bonds is 9. The fraction of sp³-hybridized carbons (Fsp3) is 0.625. The van der Waals surface area contributed by atoms with E-state index in [1.165, 1.54) is 5.56 Å². The Bertz CT molecular complexity index is 343. The van der Waals surface area contributed by atoms with E-state index < -0.39 is 0 Å². The Hall–Kier alpha value is -0.770. The maximum Gasteiger partial charge on any atom is 0.118 e. The normalized spacial score (nSPS) is 12.1. The van der Waals surface area contributed by atoms with Gasteiger partial charge in [0.05, 0.1) is 7.11 Å². The first-order valence-corrected chi connectivity index (χ1v) is 7.19. The van der Waals surface area contributed by atoms with Crippen LogP contribution in [0.25, 0.3) is 0 Å². The smallest absolute Gasteiger partial charge is 0.118 e. The van der Waals surface area contributed by atoms with Gasteiger partial charge in [0.1, 0.15) is 5.75 Å². The molecule has 0 saturated heterocycles. The molecule has 1 N–H and O–H groups in total. The first kappa shape index (κ1) is 19.2. The molecular formula is C16H28ClNO2. The van der Waals surface area contributed by atoms with E-state index in [4.69, 9.17) is 9.84 Å². The average molecular weight is 302 g/mol. The molecule has 0 saturated carbocycles. The Morgan fingerprint density at radius 2 is 1.85 bits per heavy atom. The summed E-state index contributed by atoms with van der Waals surface area (Å²) >= 11 is 0. The van der Waals surface area contributed by atoms with Gasteiger partial charge in [-0.15, -0.1) is 12.4 Å². The fourth-order valence-corrected chi connectivity index (χ4v) is 2.35. The van der Waals surface area contributed by atoms with Gasteiger partial charge < -0.3 is 14.7 Å². The Balaban J connectivity index is 0.00000361. The molecule has 0 aliphatic rings. The number of benzene rings is 1. The molecule has 1 aromatic carbocycles. The molecule has 0 heterocycles. The Kier molecular flexibility index (Phi) is 10.5. The van der Waals surface area contributed by atoms with Crippen molar-refractivity contribution in [1.82, 2.24) is 4.90 Å². The van der Waals surface area contributed by atoms with Crippen LogP contribution in [-0.2, 0) is 6.42 Å².